The first-order valence-electron chi connectivity index (χ1n) is 5.91. The van der Waals surface area contributed by atoms with E-state index in [1.807, 2.05) is 13.0 Å². The van der Waals surface area contributed by atoms with E-state index in [2.05, 4.69) is 10.1 Å². The third-order valence-electron chi connectivity index (χ3n) is 2.66. The molecule has 0 fully saturated rings. The van der Waals surface area contributed by atoms with Gasteiger partial charge in [-0.2, -0.15) is 0 Å². The van der Waals surface area contributed by atoms with Crippen LogP contribution in [0.15, 0.2) is 41.8 Å². The Balaban J connectivity index is 2.11. The van der Waals surface area contributed by atoms with Gasteiger partial charge in [0.2, 0.25) is 0 Å². The van der Waals surface area contributed by atoms with Crippen LogP contribution in [0.25, 0.3) is 0 Å². The normalized spacial score (nSPS) is 11.4. The van der Waals surface area contributed by atoms with Crippen molar-refractivity contribution in [2.75, 3.05) is 0 Å². The lowest BCUT2D eigenvalue weighted by Crippen LogP contribution is -2.12. The van der Waals surface area contributed by atoms with Crippen molar-refractivity contribution in [3.05, 3.63) is 58.4 Å². The molecule has 0 unspecified atom stereocenters. The lowest BCUT2D eigenvalue weighted by molar-refractivity contribution is 0.306. The van der Waals surface area contributed by atoms with Gasteiger partial charge in [-0.1, -0.05) is 16.8 Å². The Kier molecular flexibility index (Phi) is 4.42. The van der Waals surface area contributed by atoms with Crippen LogP contribution >= 0.6 is 11.6 Å². The van der Waals surface area contributed by atoms with E-state index >= 15 is 0 Å². The molecule has 0 saturated heterocycles. The predicted molar refractivity (Wildman–Crippen MR) is 77.3 cm³/mol. The number of aryl methyl sites for hydroxylation is 1. The number of nitrogens with zero attached hydrogens (tertiary/aromatic N) is 2. The zero-order valence-corrected chi connectivity index (χ0v) is 11.6. The molecule has 0 aliphatic carbocycles. The van der Waals surface area contributed by atoms with E-state index < -0.39 is 0 Å². The molecular formula is C14H14ClN3O2. The summed E-state index contributed by atoms with van der Waals surface area (Å²) in [4.78, 5) is 4.09. The number of amidine groups is 1. The maximum atomic E-state index is 8.61. The molecule has 1 heterocycles. The number of hydrogen-bond donors (Lipinski definition) is 2. The topological polar surface area (TPSA) is 80.7 Å². The molecule has 0 saturated carbocycles. The van der Waals surface area contributed by atoms with Crippen LogP contribution in [0.4, 0.5) is 0 Å². The molecule has 0 aliphatic heterocycles. The van der Waals surface area contributed by atoms with Crippen LogP contribution in [0.3, 0.4) is 0 Å². The molecule has 1 aromatic heterocycles. The summed E-state index contributed by atoms with van der Waals surface area (Å²) in [5, 5.41) is 11.9. The largest absolute Gasteiger partial charge is 0.487 e. The van der Waals surface area contributed by atoms with Gasteiger partial charge in [0.15, 0.2) is 5.84 Å². The third kappa shape index (κ3) is 3.39. The molecule has 0 spiro atoms. The van der Waals surface area contributed by atoms with E-state index in [1.165, 1.54) is 0 Å². The third-order valence-corrected chi connectivity index (χ3v) is 2.96. The summed E-state index contributed by atoms with van der Waals surface area (Å²) in [5.41, 5.74) is 8.05. The smallest absolute Gasteiger partial charge is 0.170 e. The zero-order valence-electron chi connectivity index (χ0n) is 10.9. The van der Waals surface area contributed by atoms with Crippen LogP contribution in [0, 0.1) is 6.92 Å². The van der Waals surface area contributed by atoms with E-state index in [-0.39, 0.29) is 5.84 Å². The first-order valence-corrected chi connectivity index (χ1v) is 6.28. The minimum absolute atomic E-state index is 0.00124. The number of pyridine rings is 1. The number of benzene rings is 1. The first kappa shape index (κ1) is 14.1. The van der Waals surface area contributed by atoms with Gasteiger partial charge in [-0.05, 0) is 36.8 Å². The van der Waals surface area contributed by atoms with Crippen molar-refractivity contribution in [2.45, 2.75) is 13.5 Å². The molecule has 5 nitrogen and oxygen atoms in total. The van der Waals surface area contributed by atoms with Crippen LogP contribution in [-0.2, 0) is 6.61 Å². The van der Waals surface area contributed by atoms with Crippen molar-refractivity contribution in [3.63, 3.8) is 0 Å². The quantitative estimate of drug-likeness (QED) is 0.393. The van der Waals surface area contributed by atoms with Gasteiger partial charge in [-0.15, -0.1) is 0 Å². The molecular weight excluding hydrogens is 278 g/mol. The lowest BCUT2D eigenvalue weighted by atomic mass is 10.2. The second-order valence-electron chi connectivity index (χ2n) is 4.29. The second-order valence-corrected chi connectivity index (χ2v) is 4.70. The van der Waals surface area contributed by atoms with Gasteiger partial charge >= 0.3 is 0 Å². The summed E-state index contributed by atoms with van der Waals surface area (Å²) in [5.74, 6) is 0.531. The Morgan fingerprint density at radius 3 is 2.85 bits per heavy atom. The molecule has 3 N–H and O–H groups in total. The highest BCUT2D eigenvalue weighted by Crippen LogP contribution is 2.26. The molecule has 0 bridgehead atoms. The van der Waals surface area contributed by atoms with E-state index in [4.69, 9.17) is 27.3 Å². The lowest BCUT2D eigenvalue weighted by Gasteiger charge is -2.09. The zero-order chi connectivity index (χ0) is 14.5. The molecule has 104 valence electrons. The summed E-state index contributed by atoms with van der Waals surface area (Å²) in [6, 6.07) is 6.93. The Morgan fingerprint density at radius 1 is 1.40 bits per heavy atom. The molecule has 1 aromatic carbocycles. The highest BCUT2D eigenvalue weighted by atomic mass is 35.5. The van der Waals surface area contributed by atoms with Crippen LogP contribution in [0.5, 0.6) is 5.75 Å². The van der Waals surface area contributed by atoms with Gasteiger partial charge in [0.1, 0.15) is 12.4 Å². The van der Waals surface area contributed by atoms with Gasteiger partial charge in [0.25, 0.3) is 0 Å². The Hall–Kier alpha value is -2.27. The van der Waals surface area contributed by atoms with E-state index in [0.717, 1.165) is 11.1 Å². The average Bonchev–Trinajstić information content (AvgIpc) is 2.45. The van der Waals surface area contributed by atoms with E-state index in [1.54, 1.807) is 30.6 Å². The summed E-state index contributed by atoms with van der Waals surface area (Å²) in [6.45, 7) is 2.34. The van der Waals surface area contributed by atoms with Crippen LogP contribution in [0.2, 0.25) is 5.02 Å². The molecule has 2 aromatic rings. The monoisotopic (exact) mass is 291 g/mol. The molecule has 0 amide bonds. The van der Waals surface area contributed by atoms with Crippen molar-refractivity contribution in [1.82, 2.24) is 4.98 Å². The van der Waals surface area contributed by atoms with Gasteiger partial charge in [0, 0.05) is 23.5 Å². The van der Waals surface area contributed by atoms with Crippen molar-refractivity contribution in [1.29, 1.82) is 0 Å². The fraction of sp³-hybridized carbons (Fsp3) is 0.143. The van der Waals surface area contributed by atoms with Crippen molar-refractivity contribution >= 4 is 17.4 Å². The summed E-state index contributed by atoms with van der Waals surface area (Å²) >= 11 is 6.10. The van der Waals surface area contributed by atoms with Crippen molar-refractivity contribution < 1.29 is 9.94 Å². The van der Waals surface area contributed by atoms with Crippen LogP contribution in [0.1, 0.15) is 16.7 Å². The van der Waals surface area contributed by atoms with Crippen molar-refractivity contribution in [2.24, 2.45) is 10.9 Å². The number of hydrogen-bond acceptors (Lipinski definition) is 4. The number of aromatic nitrogens is 1. The molecule has 2 rings (SSSR count). The molecule has 6 heteroatoms. The Morgan fingerprint density at radius 2 is 2.20 bits per heavy atom. The number of ether oxygens (including phenoxy) is 1. The number of rotatable bonds is 4. The maximum Gasteiger partial charge on any atom is 0.170 e. The molecule has 0 radical (unpaired) electrons. The van der Waals surface area contributed by atoms with Crippen molar-refractivity contribution in [3.8, 4) is 5.75 Å². The fourth-order valence-electron chi connectivity index (χ4n) is 1.69. The summed E-state index contributed by atoms with van der Waals surface area (Å²) in [6.07, 6.45) is 3.52. The SMILES string of the molecule is Cc1cncc(COc2ccc(/C(N)=N/O)cc2Cl)c1. The minimum Gasteiger partial charge on any atom is -0.487 e. The van der Waals surface area contributed by atoms with Crippen LogP contribution < -0.4 is 10.5 Å². The fourth-order valence-corrected chi connectivity index (χ4v) is 1.93. The second kappa shape index (κ2) is 6.25. The van der Waals surface area contributed by atoms with E-state index in [0.29, 0.717) is 22.9 Å². The predicted octanol–water partition coefficient (Wildman–Crippen LogP) is 2.72. The number of oxime groups is 1. The number of halogens is 1. The molecule has 20 heavy (non-hydrogen) atoms. The van der Waals surface area contributed by atoms with Gasteiger partial charge in [0.05, 0.1) is 5.02 Å². The summed E-state index contributed by atoms with van der Waals surface area (Å²) < 4.78 is 5.63. The maximum absolute atomic E-state index is 8.61. The Labute approximate surface area is 121 Å². The standard InChI is InChI=1S/C14H14ClN3O2/c1-9-4-10(7-17-6-9)8-20-13-3-2-11(5-12(13)15)14(16)18-19/h2-7,19H,8H2,1H3,(H2,16,18). The Bertz CT molecular complexity index is 644. The highest BCUT2D eigenvalue weighted by molar-refractivity contribution is 6.32. The first-order chi connectivity index (χ1) is 9.60. The molecule has 0 aliphatic rings. The highest BCUT2D eigenvalue weighted by Gasteiger charge is 2.06. The van der Waals surface area contributed by atoms with E-state index in [9.17, 15) is 0 Å². The minimum atomic E-state index is 0.00124. The average molecular weight is 292 g/mol. The molecule has 0 atom stereocenters. The summed E-state index contributed by atoms with van der Waals surface area (Å²) in [7, 11) is 0. The van der Waals surface area contributed by atoms with Gasteiger partial charge in [-0.3, -0.25) is 4.98 Å². The van der Waals surface area contributed by atoms with Gasteiger partial charge in [-0.25, -0.2) is 0 Å². The van der Waals surface area contributed by atoms with Gasteiger partial charge < -0.3 is 15.7 Å². The van der Waals surface area contributed by atoms with Crippen LogP contribution in [-0.4, -0.2) is 16.0 Å². The number of nitrogens with two attached hydrogens (primary N) is 1.